The molecule has 1 unspecified atom stereocenters. The fourth-order valence-electron chi connectivity index (χ4n) is 4.21. The quantitative estimate of drug-likeness (QED) is 0.399. The van der Waals surface area contributed by atoms with Gasteiger partial charge in [0.05, 0.1) is 5.52 Å². The Bertz CT molecular complexity index is 1480. The van der Waals surface area contributed by atoms with E-state index in [-0.39, 0.29) is 12.0 Å². The summed E-state index contributed by atoms with van der Waals surface area (Å²) in [5.41, 5.74) is 3.04. The summed E-state index contributed by atoms with van der Waals surface area (Å²) < 4.78 is 7.40. The number of nitrogens with zero attached hydrogens (tertiary/aromatic N) is 1. The Hall–Kier alpha value is -4.07. The standard InChI is InChI=1S/C27H30N4O4/c1-16-12-24(32)29-21-14-18(10-11-19(16)21)28-25(33)22(30-26(34)35-27(2,3)4)13-17-15-31(5)23-9-7-6-8-20(17)23/h6-12,14-15,22H,13H2,1-5H3,(H,28,33)(H,29,32)(H,30,34). The number of rotatable bonds is 5. The lowest BCUT2D eigenvalue weighted by Crippen LogP contribution is -2.47. The average Bonchev–Trinajstić information content (AvgIpc) is 3.07. The van der Waals surface area contributed by atoms with E-state index in [2.05, 4.69) is 15.6 Å². The van der Waals surface area contributed by atoms with Gasteiger partial charge in [0, 0.05) is 47.7 Å². The number of anilines is 1. The number of carbonyl (C=O) groups is 2. The van der Waals surface area contributed by atoms with Crippen LogP contribution in [0.2, 0.25) is 0 Å². The van der Waals surface area contributed by atoms with E-state index in [1.807, 2.05) is 55.1 Å². The fraction of sp³-hybridized carbons (Fsp3) is 0.296. The number of hydrogen-bond acceptors (Lipinski definition) is 4. The lowest BCUT2D eigenvalue weighted by atomic mass is 10.0. The molecule has 0 spiro atoms. The topological polar surface area (TPSA) is 105 Å². The molecular formula is C27H30N4O4. The van der Waals surface area contributed by atoms with Crippen LogP contribution in [0.3, 0.4) is 0 Å². The minimum Gasteiger partial charge on any atom is -0.444 e. The summed E-state index contributed by atoms with van der Waals surface area (Å²) in [6.45, 7) is 7.17. The number of carbonyl (C=O) groups excluding carboxylic acids is 2. The van der Waals surface area contributed by atoms with Crippen LogP contribution < -0.4 is 16.2 Å². The molecule has 0 radical (unpaired) electrons. The number of H-pyrrole nitrogens is 1. The number of aromatic amines is 1. The van der Waals surface area contributed by atoms with Gasteiger partial charge in [0.15, 0.2) is 0 Å². The molecule has 182 valence electrons. The molecular weight excluding hydrogens is 444 g/mol. The summed E-state index contributed by atoms with van der Waals surface area (Å²) in [4.78, 5) is 40.6. The van der Waals surface area contributed by atoms with Crippen molar-refractivity contribution < 1.29 is 14.3 Å². The van der Waals surface area contributed by atoms with Crippen LogP contribution in [0.15, 0.2) is 59.5 Å². The highest BCUT2D eigenvalue weighted by Crippen LogP contribution is 2.23. The number of aromatic nitrogens is 2. The monoisotopic (exact) mass is 474 g/mol. The maximum atomic E-state index is 13.4. The minimum absolute atomic E-state index is 0.209. The van der Waals surface area contributed by atoms with Gasteiger partial charge in [-0.05, 0) is 57.0 Å². The number of benzene rings is 2. The molecule has 1 atom stereocenters. The van der Waals surface area contributed by atoms with Gasteiger partial charge in [-0.3, -0.25) is 9.59 Å². The van der Waals surface area contributed by atoms with E-state index in [1.165, 1.54) is 6.07 Å². The van der Waals surface area contributed by atoms with Crippen LogP contribution in [0.25, 0.3) is 21.8 Å². The molecule has 0 aliphatic rings. The Morgan fingerprint density at radius 2 is 1.83 bits per heavy atom. The van der Waals surface area contributed by atoms with Gasteiger partial charge in [0.25, 0.3) is 0 Å². The molecule has 0 bridgehead atoms. The summed E-state index contributed by atoms with van der Waals surface area (Å²) in [5.74, 6) is -0.391. The van der Waals surface area contributed by atoms with E-state index in [9.17, 15) is 14.4 Å². The molecule has 2 aromatic carbocycles. The van der Waals surface area contributed by atoms with Gasteiger partial charge in [-0.15, -0.1) is 0 Å². The Kier molecular flexibility index (Phi) is 6.39. The second-order valence-corrected chi connectivity index (χ2v) is 9.75. The number of fused-ring (bicyclic) bond motifs is 2. The van der Waals surface area contributed by atoms with Gasteiger partial charge in [0.2, 0.25) is 11.5 Å². The first-order chi connectivity index (χ1) is 16.5. The minimum atomic E-state index is -0.886. The number of alkyl carbamates (subject to hydrolysis) is 1. The van der Waals surface area contributed by atoms with Crippen LogP contribution in [0.4, 0.5) is 10.5 Å². The maximum Gasteiger partial charge on any atom is 0.408 e. The maximum absolute atomic E-state index is 13.4. The van der Waals surface area contributed by atoms with Crippen LogP contribution in [0.1, 0.15) is 31.9 Å². The van der Waals surface area contributed by atoms with E-state index in [0.29, 0.717) is 11.2 Å². The van der Waals surface area contributed by atoms with Gasteiger partial charge in [-0.2, -0.15) is 0 Å². The normalized spacial score (nSPS) is 12.5. The molecule has 35 heavy (non-hydrogen) atoms. The van der Waals surface area contributed by atoms with Crippen molar-refractivity contribution in [2.45, 2.75) is 45.8 Å². The van der Waals surface area contributed by atoms with Crippen molar-refractivity contribution >= 4 is 39.5 Å². The Balaban J connectivity index is 1.63. The van der Waals surface area contributed by atoms with Crippen LogP contribution in [-0.4, -0.2) is 33.2 Å². The zero-order valence-electron chi connectivity index (χ0n) is 20.6. The Morgan fingerprint density at radius 3 is 2.57 bits per heavy atom. The molecule has 0 saturated heterocycles. The second kappa shape index (κ2) is 9.29. The second-order valence-electron chi connectivity index (χ2n) is 9.75. The molecule has 0 aliphatic heterocycles. The van der Waals surface area contributed by atoms with Crippen molar-refractivity contribution in [1.29, 1.82) is 0 Å². The molecule has 4 rings (SSSR count). The van der Waals surface area contributed by atoms with E-state index in [0.717, 1.165) is 27.4 Å². The summed E-state index contributed by atoms with van der Waals surface area (Å²) in [5, 5.41) is 7.51. The van der Waals surface area contributed by atoms with Gasteiger partial charge in [-0.1, -0.05) is 24.3 Å². The fourth-order valence-corrected chi connectivity index (χ4v) is 4.21. The van der Waals surface area contributed by atoms with Crippen molar-refractivity contribution in [2.24, 2.45) is 7.05 Å². The van der Waals surface area contributed by atoms with Crippen LogP contribution >= 0.6 is 0 Å². The molecule has 2 amide bonds. The van der Waals surface area contributed by atoms with Gasteiger partial charge in [-0.25, -0.2) is 4.79 Å². The average molecular weight is 475 g/mol. The molecule has 0 saturated carbocycles. The summed E-state index contributed by atoms with van der Waals surface area (Å²) in [7, 11) is 1.94. The number of nitrogens with one attached hydrogen (secondary N) is 3. The Labute approximate surface area is 203 Å². The van der Waals surface area contributed by atoms with E-state index >= 15 is 0 Å². The summed E-state index contributed by atoms with van der Waals surface area (Å²) >= 11 is 0. The van der Waals surface area contributed by atoms with Gasteiger partial charge in [0.1, 0.15) is 11.6 Å². The number of aryl methyl sites for hydroxylation is 2. The molecule has 2 heterocycles. The van der Waals surface area contributed by atoms with Crippen molar-refractivity contribution in [1.82, 2.24) is 14.9 Å². The highest BCUT2D eigenvalue weighted by molar-refractivity contribution is 5.99. The first kappa shape index (κ1) is 24.1. The number of pyridine rings is 1. The Morgan fingerprint density at radius 1 is 1.09 bits per heavy atom. The van der Waals surface area contributed by atoms with Crippen LogP contribution in [0, 0.1) is 6.92 Å². The van der Waals surface area contributed by atoms with Crippen molar-refractivity contribution in [3.8, 4) is 0 Å². The summed E-state index contributed by atoms with van der Waals surface area (Å²) in [6, 6.07) is 13.9. The van der Waals surface area contributed by atoms with Crippen molar-refractivity contribution in [3.05, 3.63) is 76.2 Å². The first-order valence-electron chi connectivity index (χ1n) is 11.5. The molecule has 0 aliphatic carbocycles. The third kappa shape index (κ3) is 5.54. The number of ether oxygens (including phenoxy) is 1. The molecule has 8 nitrogen and oxygen atoms in total. The molecule has 2 aromatic heterocycles. The van der Waals surface area contributed by atoms with Crippen LogP contribution in [-0.2, 0) is 23.0 Å². The predicted octanol–water partition coefficient (Wildman–Crippen LogP) is 4.40. The van der Waals surface area contributed by atoms with Gasteiger partial charge >= 0.3 is 6.09 Å². The lowest BCUT2D eigenvalue weighted by Gasteiger charge is -2.23. The van der Waals surface area contributed by atoms with Gasteiger partial charge < -0.3 is 24.9 Å². The molecule has 0 fully saturated rings. The van der Waals surface area contributed by atoms with E-state index in [4.69, 9.17) is 4.74 Å². The van der Waals surface area contributed by atoms with Crippen molar-refractivity contribution in [2.75, 3.05) is 5.32 Å². The molecule has 3 N–H and O–H groups in total. The SMILES string of the molecule is Cc1cc(=O)[nH]c2cc(NC(=O)C(Cc3cn(C)c4ccccc34)NC(=O)OC(C)(C)C)ccc12. The number of para-hydroxylation sites is 1. The smallest absolute Gasteiger partial charge is 0.408 e. The third-order valence-electron chi connectivity index (χ3n) is 5.73. The summed E-state index contributed by atoms with van der Waals surface area (Å²) in [6.07, 6.45) is 1.57. The lowest BCUT2D eigenvalue weighted by molar-refractivity contribution is -0.118. The number of amides is 2. The number of hydrogen-bond donors (Lipinski definition) is 3. The third-order valence-corrected chi connectivity index (χ3v) is 5.73. The van der Waals surface area contributed by atoms with Crippen molar-refractivity contribution in [3.63, 3.8) is 0 Å². The largest absolute Gasteiger partial charge is 0.444 e. The van der Waals surface area contributed by atoms with Crippen LogP contribution in [0.5, 0.6) is 0 Å². The molecule has 8 heteroatoms. The first-order valence-corrected chi connectivity index (χ1v) is 11.5. The highest BCUT2D eigenvalue weighted by Gasteiger charge is 2.26. The van der Waals surface area contributed by atoms with E-state index < -0.39 is 23.6 Å². The zero-order chi connectivity index (χ0) is 25.3. The predicted molar refractivity (Wildman–Crippen MR) is 138 cm³/mol. The highest BCUT2D eigenvalue weighted by atomic mass is 16.6. The van der Waals surface area contributed by atoms with E-state index in [1.54, 1.807) is 32.9 Å². The molecule has 4 aromatic rings. The zero-order valence-corrected chi connectivity index (χ0v) is 20.6.